The van der Waals surface area contributed by atoms with Crippen LogP contribution in [0.4, 0.5) is 0 Å². The maximum absolute atomic E-state index is 12.9. The molecule has 6 heteroatoms. The largest absolute Gasteiger partial charge is 0.404 e. The molecule has 0 saturated heterocycles. The van der Waals surface area contributed by atoms with Gasteiger partial charge in [0.25, 0.3) is 5.91 Å². The first-order chi connectivity index (χ1) is 14.7. The second-order valence-corrected chi connectivity index (χ2v) is 7.60. The van der Waals surface area contributed by atoms with E-state index in [-0.39, 0.29) is 24.2 Å². The van der Waals surface area contributed by atoms with E-state index in [1.165, 1.54) is 0 Å². The summed E-state index contributed by atoms with van der Waals surface area (Å²) in [5.74, 6) is -0.286. The number of nitrogens with zero attached hydrogens (tertiary/aromatic N) is 1. The van der Waals surface area contributed by atoms with Crippen molar-refractivity contribution >= 4 is 24.3 Å². The smallest absolute Gasteiger partial charge is 0.344 e. The van der Waals surface area contributed by atoms with Gasteiger partial charge in [-0.2, -0.15) is 0 Å². The van der Waals surface area contributed by atoms with Crippen LogP contribution in [0.3, 0.4) is 0 Å². The molecule has 160 valence electrons. The molecule has 1 heterocycles. The number of carbonyl (C=O) groups is 2. The normalized spacial score (nSPS) is 14.7. The molecule has 0 spiro atoms. The Morgan fingerprint density at radius 3 is 2.00 bits per heavy atom. The summed E-state index contributed by atoms with van der Waals surface area (Å²) in [7, 11) is 0. The number of hydrogen-bond acceptors (Lipinski definition) is 4. The average Bonchev–Trinajstić information content (AvgIpc) is 2.81. The van der Waals surface area contributed by atoms with Crippen LogP contribution in [0, 0.1) is 0 Å². The molecular formula is C25H25ClN2O3. The molecular weight excluding hydrogens is 412 g/mol. The summed E-state index contributed by atoms with van der Waals surface area (Å²) < 4.78 is 5.39. The highest BCUT2D eigenvalue weighted by molar-refractivity contribution is 5.94. The number of benzene rings is 2. The summed E-state index contributed by atoms with van der Waals surface area (Å²) in [6, 6.07) is 21.7. The van der Waals surface area contributed by atoms with Gasteiger partial charge in [0.15, 0.2) is 0 Å². The number of ether oxygens (including phenoxy) is 1. The van der Waals surface area contributed by atoms with Gasteiger partial charge in [0, 0.05) is 17.8 Å². The van der Waals surface area contributed by atoms with Crippen LogP contribution >= 0.6 is 12.4 Å². The fourth-order valence-corrected chi connectivity index (χ4v) is 3.97. The molecule has 3 aromatic rings. The Balaban J connectivity index is 0.00000272. The molecule has 1 aliphatic rings. The van der Waals surface area contributed by atoms with Crippen LogP contribution < -0.4 is 10.1 Å². The van der Waals surface area contributed by atoms with Gasteiger partial charge in [0.1, 0.15) is 0 Å². The van der Waals surface area contributed by atoms with E-state index in [0.29, 0.717) is 11.1 Å². The van der Waals surface area contributed by atoms with Crippen molar-refractivity contribution in [1.29, 1.82) is 0 Å². The molecule has 1 amide bonds. The van der Waals surface area contributed by atoms with E-state index in [9.17, 15) is 9.59 Å². The van der Waals surface area contributed by atoms with Crippen LogP contribution in [0.1, 0.15) is 58.4 Å². The Labute approximate surface area is 188 Å². The fraction of sp³-hybridized carbons (Fsp3) is 0.240. The Bertz CT molecular complexity index is 1000. The van der Waals surface area contributed by atoms with Crippen molar-refractivity contribution in [1.82, 2.24) is 10.3 Å². The van der Waals surface area contributed by atoms with Gasteiger partial charge < -0.3 is 10.1 Å². The van der Waals surface area contributed by atoms with E-state index in [4.69, 9.17) is 4.74 Å². The Hall–Kier alpha value is -3.18. The Morgan fingerprint density at radius 2 is 1.42 bits per heavy atom. The van der Waals surface area contributed by atoms with Crippen LogP contribution in [-0.4, -0.2) is 16.9 Å². The summed E-state index contributed by atoms with van der Waals surface area (Å²) in [4.78, 5) is 29.5. The fourth-order valence-electron chi connectivity index (χ4n) is 3.97. The molecule has 5 nitrogen and oxygen atoms in total. The van der Waals surface area contributed by atoms with Gasteiger partial charge in [0.05, 0.1) is 11.1 Å². The second kappa shape index (κ2) is 10.2. The first kappa shape index (κ1) is 22.5. The van der Waals surface area contributed by atoms with Crippen molar-refractivity contribution in [2.75, 3.05) is 0 Å². The number of esters is 1. The third-order valence-corrected chi connectivity index (χ3v) is 5.59. The molecule has 1 fully saturated rings. The molecule has 0 unspecified atom stereocenters. The lowest BCUT2D eigenvalue weighted by molar-refractivity contribution is 0.0727. The maximum atomic E-state index is 12.9. The minimum absolute atomic E-state index is 0. The van der Waals surface area contributed by atoms with Crippen molar-refractivity contribution in [2.24, 2.45) is 0 Å². The summed E-state index contributed by atoms with van der Waals surface area (Å²) >= 11 is 0. The molecule has 0 atom stereocenters. The molecule has 0 aliphatic heterocycles. The van der Waals surface area contributed by atoms with Crippen LogP contribution in [0.2, 0.25) is 0 Å². The van der Waals surface area contributed by atoms with Gasteiger partial charge in [-0.3, -0.25) is 4.79 Å². The van der Waals surface area contributed by atoms with E-state index < -0.39 is 11.5 Å². The SMILES string of the molecule is Cl.O=C(NC1(c2ccc(OC(=O)c3ccccc3)nc2)CCCCC1)c1ccccc1. The molecule has 1 aromatic heterocycles. The number of amides is 1. The van der Waals surface area contributed by atoms with Crippen LogP contribution in [-0.2, 0) is 5.54 Å². The second-order valence-electron chi connectivity index (χ2n) is 7.60. The van der Waals surface area contributed by atoms with Gasteiger partial charge in [-0.1, -0.05) is 55.7 Å². The molecule has 0 radical (unpaired) electrons. The number of halogens is 1. The summed E-state index contributed by atoms with van der Waals surface area (Å²) in [6.45, 7) is 0. The monoisotopic (exact) mass is 436 g/mol. The number of aromatic nitrogens is 1. The third-order valence-electron chi connectivity index (χ3n) is 5.59. The lowest BCUT2D eigenvalue weighted by Crippen LogP contribution is -2.47. The number of hydrogen-bond donors (Lipinski definition) is 1. The molecule has 0 bridgehead atoms. The summed E-state index contributed by atoms with van der Waals surface area (Å²) in [6.07, 6.45) is 6.67. The van der Waals surface area contributed by atoms with Crippen molar-refractivity contribution in [3.63, 3.8) is 0 Å². The van der Waals surface area contributed by atoms with Crippen LogP contribution in [0.5, 0.6) is 5.88 Å². The van der Waals surface area contributed by atoms with E-state index in [0.717, 1.165) is 37.7 Å². The van der Waals surface area contributed by atoms with Crippen molar-refractivity contribution in [2.45, 2.75) is 37.6 Å². The minimum atomic E-state index is -0.458. The molecule has 2 aromatic carbocycles. The number of rotatable bonds is 5. The number of pyridine rings is 1. The first-order valence-electron chi connectivity index (χ1n) is 10.3. The summed E-state index contributed by atoms with van der Waals surface area (Å²) in [5.41, 5.74) is 1.59. The van der Waals surface area contributed by atoms with Crippen molar-refractivity contribution in [3.8, 4) is 5.88 Å². The molecule has 1 saturated carbocycles. The quantitative estimate of drug-likeness (QED) is 0.550. The van der Waals surface area contributed by atoms with Gasteiger partial charge in [0.2, 0.25) is 5.88 Å². The maximum Gasteiger partial charge on any atom is 0.344 e. The van der Waals surface area contributed by atoms with Gasteiger partial charge in [-0.05, 0) is 48.7 Å². The Morgan fingerprint density at radius 1 is 0.806 bits per heavy atom. The predicted octanol–water partition coefficient (Wildman–Crippen LogP) is 5.31. The zero-order valence-electron chi connectivity index (χ0n) is 17.1. The van der Waals surface area contributed by atoms with E-state index >= 15 is 0 Å². The highest BCUT2D eigenvalue weighted by Crippen LogP contribution is 2.37. The van der Waals surface area contributed by atoms with Crippen LogP contribution in [0.25, 0.3) is 0 Å². The average molecular weight is 437 g/mol. The third kappa shape index (κ3) is 5.30. The van der Waals surface area contributed by atoms with Gasteiger partial charge >= 0.3 is 5.97 Å². The minimum Gasteiger partial charge on any atom is -0.404 e. The predicted molar refractivity (Wildman–Crippen MR) is 122 cm³/mol. The standard InChI is InChI=1S/C25H24N2O3.ClH/c28-23(19-10-4-1-5-11-19)27-25(16-8-3-9-17-25)21-14-15-22(26-18-21)30-24(29)20-12-6-2-7-13-20;/h1-2,4-7,10-15,18H,3,8-9,16-17H2,(H,27,28);1H. The summed E-state index contributed by atoms with van der Waals surface area (Å²) in [5, 5.41) is 3.26. The van der Waals surface area contributed by atoms with Crippen molar-refractivity contribution in [3.05, 3.63) is 95.7 Å². The van der Waals surface area contributed by atoms with Crippen LogP contribution in [0.15, 0.2) is 79.0 Å². The van der Waals surface area contributed by atoms with E-state index in [1.54, 1.807) is 36.5 Å². The van der Waals surface area contributed by atoms with E-state index in [2.05, 4.69) is 10.3 Å². The topological polar surface area (TPSA) is 68.3 Å². The molecule has 31 heavy (non-hydrogen) atoms. The first-order valence-corrected chi connectivity index (χ1v) is 10.3. The molecule has 4 rings (SSSR count). The Kier molecular flexibility index (Phi) is 7.42. The lowest BCUT2D eigenvalue weighted by atomic mass is 9.77. The number of nitrogens with one attached hydrogen (secondary N) is 1. The number of carbonyl (C=O) groups excluding carboxylic acids is 2. The highest BCUT2D eigenvalue weighted by atomic mass is 35.5. The highest BCUT2D eigenvalue weighted by Gasteiger charge is 2.36. The van der Waals surface area contributed by atoms with Crippen molar-refractivity contribution < 1.29 is 14.3 Å². The zero-order valence-corrected chi connectivity index (χ0v) is 17.9. The molecule has 1 aliphatic carbocycles. The van der Waals surface area contributed by atoms with Gasteiger partial charge in [-0.15, -0.1) is 12.4 Å². The van der Waals surface area contributed by atoms with Gasteiger partial charge in [-0.25, -0.2) is 9.78 Å². The van der Waals surface area contributed by atoms with E-state index in [1.807, 2.05) is 42.5 Å². The molecule has 1 N–H and O–H groups in total. The zero-order chi connectivity index (χ0) is 20.8. The lowest BCUT2D eigenvalue weighted by Gasteiger charge is -2.38.